The van der Waals surface area contributed by atoms with Crippen molar-refractivity contribution in [1.29, 1.82) is 0 Å². The van der Waals surface area contributed by atoms with E-state index in [0.29, 0.717) is 0 Å². The molecule has 0 saturated carbocycles. The maximum atomic E-state index is 0. The molecule has 0 nitrogen and oxygen atoms in total. The van der Waals surface area contributed by atoms with Crippen LogP contribution in [0.25, 0.3) is 0 Å². The normalized spacial score (nSPS) is 0. The molecule has 0 aromatic carbocycles. The van der Waals surface area contributed by atoms with Crippen molar-refractivity contribution in [2.45, 2.75) is 0 Å². The molecule has 0 amide bonds. The van der Waals surface area contributed by atoms with Gasteiger partial charge >= 0.3 is 48.9 Å². The van der Waals surface area contributed by atoms with E-state index in [1.807, 2.05) is 0 Å². The van der Waals surface area contributed by atoms with Crippen LogP contribution in [0, 0.1) is 0 Å². The van der Waals surface area contributed by atoms with Crippen LogP contribution in [0.2, 0.25) is 0 Å². The van der Waals surface area contributed by atoms with Gasteiger partial charge in [0, 0.05) is 83.1 Å². The van der Waals surface area contributed by atoms with Gasteiger partial charge in [-0.05, 0) is 0 Å². The van der Waals surface area contributed by atoms with E-state index < -0.39 is 0 Å². The van der Waals surface area contributed by atoms with Crippen LogP contribution >= 0.6 is 0 Å². The van der Waals surface area contributed by atoms with Crippen LogP contribution in [0.5, 0.6) is 0 Å². The number of hydrogen-bond acceptors (Lipinski definition) is 0. The zero-order valence-corrected chi connectivity index (χ0v) is 12.1. The summed E-state index contributed by atoms with van der Waals surface area (Å²) < 4.78 is 0. The summed E-state index contributed by atoms with van der Waals surface area (Å²) in [6.07, 6.45) is 0. The smallest absolute Gasteiger partial charge is 0 e. The minimum absolute atomic E-state index is 0. The third-order valence-corrected chi connectivity index (χ3v) is 0. The molecule has 0 aromatic heterocycles. The minimum Gasteiger partial charge on any atom is 0 e. The van der Waals surface area contributed by atoms with Crippen LogP contribution in [-0.4, -0.2) is 48.9 Å². The van der Waals surface area contributed by atoms with Gasteiger partial charge in [-0.15, -0.1) is 0 Å². The topological polar surface area (TPSA) is 0 Å². The van der Waals surface area contributed by atoms with Crippen LogP contribution in [0.3, 0.4) is 0 Å². The Balaban J connectivity index is 0. The maximum Gasteiger partial charge on any atom is 0 e. The van der Waals surface area contributed by atoms with Gasteiger partial charge in [0.05, 0.1) is 0 Å². The van der Waals surface area contributed by atoms with Crippen LogP contribution in [-0.2, 0) is 83.1 Å². The van der Waals surface area contributed by atoms with Crippen molar-refractivity contribution in [1.82, 2.24) is 0 Å². The molecule has 1 radical (unpaired) electrons. The molecule has 0 bridgehead atoms. The van der Waals surface area contributed by atoms with E-state index in [1.165, 1.54) is 0 Å². The number of rotatable bonds is 0. The standard InChI is InChI=1S/Ba.Nb.Ti.2Zn.2H. The van der Waals surface area contributed by atoms with E-state index in [-0.39, 0.29) is 132 Å². The first kappa shape index (κ1) is 34.8. The van der Waals surface area contributed by atoms with E-state index >= 15 is 0 Å². The Labute approximate surface area is 128 Å². The summed E-state index contributed by atoms with van der Waals surface area (Å²) >= 11 is 0. The van der Waals surface area contributed by atoms with Gasteiger partial charge in [-0.2, -0.15) is 0 Å². The summed E-state index contributed by atoms with van der Waals surface area (Å²) in [5, 5.41) is 0. The third kappa shape index (κ3) is 17.8. The van der Waals surface area contributed by atoms with Crippen LogP contribution in [0.15, 0.2) is 0 Å². The van der Waals surface area contributed by atoms with Crippen molar-refractivity contribution in [3.05, 3.63) is 0 Å². The molecule has 17 valence electrons. The first-order valence-electron chi connectivity index (χ1n) is 0. The Morgan fingerprint density at radius 3 is 0.800 bits per heavy atom. The molecule has 0 N–H and O–H groups in total. The van der Waals surface area contributed by atoms with Gasteiger partial charge in [-0.25, -0.2) is 0 Å². The summed E-state index contributed by atoms with van der Waals surface area (Å²) in [6.45, 7) is 0. The average Bonchev–Trinajstić information content (AvgIpc) is 0. The molecular weight excluding hydrogens is 409 g/mol. The first-order valence-corrected chi connectivity index (χ1v) is 0. The fourth-order valence-corrected chi connectivity index (χ4v) is 0. The maximum absolute atomic E-state index is 0. The zero-order chi connectivity index (χ0) is 0. The van der Waals surface area contributed by atoms with Gasteiger partial charge in [-0.3, -0.25) is 0 Å². The van der Waals surface area contributed by atoms with E-state index in [9.17, 15) is 0 Å². The Morgan fingerprint density at radius 2 is 0.800 bits per heavy atom. The van der Waals surface area contributed by atoms with Gasteiger partial charge < -0.3 is 0 Å². The molecule has 0 heterocycles. The Hall–Kier alpha value is 4.27. The molecule has 0 unspecified atom stereocenters. The molecule has 0 aromatic rings. The minimum atomic E-state index is 0. The largest absolute Gasteiger partial charge is 0 e. The van der Waals surface area contributed by atoms with E-state index in [2.05, 4.69) is 0 Å². The zero-order valence-electron chi connectivity index (χ0n) is 2.36. The van der Waals surface area contributed by atoms with E-state index in [4.69, 9.17) is 0 Å². The fraction of sp³-hybridized carbons (Fsp3) is 0. The average molecular weight is 411 g/mol. The molecule has 5 heavy (non-hydrogen) atoms. The van der Waals surface area contributed by atoms with Crippen molar-refractivity contribution < 1.29 is 83.1 Å². The molecule has 0 atom stereocenters. The summed E-state index contributed by atoms with van der Waals surface area (Å²) in [6, 6.07) is 0. The molecule has 0 spiro atoms. The van der Waals surface area contributed by atoms with Crippen molar-refractivity contribution >= 4 is 48.9 Å². The van der Waals surface area contributed by atoms with Gasteiger partial charge in [-0.1, -0.05) is 0 Å². The van der Waals surface area contributed by atoms with Gasteiger partial charge in [0.15, 0.2) is 0 Å². The number of hydrogen-bond donors (Lipinski definition) is 0. The van der Waals surface area contributed by atoms with E-state index in [1.54, 1.807) is 0 Å². The third-order valence-electron chi connectivity index (χ3n) is 0. The van der Waals surface area contributed by atoms with E-state index in [0.717, 1.165) is 0 Å². The summed E-state index contributed by atoms with van der Waals surface area (Å²) in [5.74, 6) is 0. The molecule has 0 aliphatic heterocycles. The summed E-state index contributed by atoms with van der Waals surface area (Å²) in [4.78, 5) is 0. The second-order valence-corrected chi connectivity index (χ2v) is 0. The van der Waals surface area contributed by atoms with Crippen LogP contribution in [0.4, 0.5) is 0 Å². The predicted molar refractivity (Wildman–Crippen MR) is 8.54 cm³/mol. The predicted octanol–water partition coefficient (Wildman–Crippen LogP) is -0.926. The van der Waals surface area contributed by atoms with Crippen molar-refractivity contribution in [3.63, 3.8) is 0 Å². The SMILES string of the molecule is [BaH2].[Nb].[Ti].[Zn].[Zn]. The van der Waals surface area contributed by atoms with Crippen LogP contribution < -0.4 is 0 Å². The molecule has 0 aliphatic carbocycles. The second-order valence-electron chi connectivity index (χ2n) is 0. The quantitative estimate of drug-likeness (QED) is 0.453. The summed E-state index contributed by atoms with van der Waals surface area (Å²) in [7, 11) is 0. The second kappa shape index (κ2) is 24.0. The summed E-state index contributed by atoms with van der Waals surface area (Å²) in [5.41, 5.74) is 0. The molecule has 0 rings (SSSR count). The molecular formula is H2BaNbTiZn2. The van der Waals surface area contributed by atoms with Crippen LogP contribution in [0.1, 0.15) is 0 Å². The van der Waals surface area contributed by atoms with Gasteiger partial charge in [0.2, 0.25) is 0 Å². The Kier molecular flexibility index (Phi) is 167. The van der Waals surface area contributed by atoms with Gasteiger partial charge in [0.25, 0.3) is 0 Å². The fourth-order valence-electron chi connectivity index (χ4n) is 0. The first-order chi connectivity index (χ1) is 0. The monoisotopic (exact) mass is 409 g/mol. The molecule has 5 heteroatoms. The van der Waals surface area contributed by atoms with Crippen molar-refractivity contribution in [2.75, 3.05) is 0 Å². The molecule has 0 aliphatic rings. The van der Waals surface area contributed by atoms with Gasteiger partial charge in [0.1, 0.15) is 0 Å². The van der Waals surface area contributed by atoms with Crippen molar-refractivity contribution in [2.24, 2.45) is 0 Å². The Bertz CT molecular complexity index is 9.61. The molecule has 0 saturated heterocycles. The molecule has 0 fully saturated rings. The van der Waals surface area contributed by atoms with Crippen molar-refractivity contribution in [3.8, 4) is 0 Å². The Morgan fingerprint density at radius 1 is 0.800 bits per heavy atom.